The van der Waals surface area contributed by atoms with Gasteiger partial charge in [0.1, 0.15) is 6.04 Å². The molecule has 5 heteroatoms. The van der Waals surface area contributed by atoms with Crippen LogP contribution < -0.4 is 10.2 Å². The topological polar surface area (TPSA) is 58.6 Å². The first-order chi connectivity index (χ1) is 9.52. The van der Waals surface area contributed by atoms with Crippen LogP contribution in [0.4, 0.5) is 10.5 Å². The molecular weight excluding hydrogens is 256 g/mol. The molecule has 20 heavy (non-hydrogen) atoms. The average Bonchev–Trinajstić information content (AvgIpc) is 2.45. The number of hydrogen-bond donors (Lipinski definition) is 1. The molecule has 0 saturated carbocycles. The van der Waals surface area contributed by atoms with Gasteiger partial charge in [-0.05, 0) is 38.3 Å². The third-order valence-corrected chi connectivity index (χ3v) is 3.65. The number of aryl methyl sites for hydroxylation is 2. The van der Waals surface area contributed by atoms with E-state index in [0.717, 1.165) is 25.1 Å². The van der Waals surface area contributed by atoms with Gasteiger partial charge in [0.25, 0.3) is 5.91 Å². The second-order valence-electron chi connectivity index (χ2n) is 5.09. The summed E-state index contributed by atoms with van der Waals surface area (Å²) >= 11 is 0. The lowest BCUT2D eigenvalue weighted by molar-refractivity contribution is -0.121. The number of nitrogens with one attached hydrogen (secondary N) is 1. The highest BCUT2D eigenvalue weighted by Crippen LogP contribution is 2.29. The van der Waals surface area contributed by atoms with Crippen molar-refractivity contribution in [3.8, 4) is 0 Å². The Morgan fingerprint density at radius 1 is 1.40 bits per heavy atom. The van der Waals surface area contributed by atoms with Gasteiger partial charge in [-0.2, -0.15) is 0 Å². The van der Waals surface area contributed by atoms with E-state index in [0.29, 0.717) is 0 Å². The van der Waals surface area contributed by atoms with Gasteiger partial charge in [0.05, 0.1) is 7.11 Å². The van der Waals surface area contributed by atoms with Crippen molar-refractivity contribution in [3.63, 3.8) is 0 Å². The normalized spacial score (nSPS) is 15.2. The summed E-state index contributed by atoms with van der Waals surface area (Å²) in [6.45, 7) is 4.67. The van der Waals surface area contributed by atoms with Gasteiger partial charge in [0, 0.05) is 12.2 Å². The minimum absolute atomic E-state index is 0.342. The number of rotatable bonds is 2. The number of benzene rings is 1. The van der Waals surface area contributed by atoms with Gasteiger partial charge in [-0.1, -0.05) is 17.7 Å². The molecule has 1 aromatic carbocycles. The fraction of sp³-hybridized carbons (Fsp3) is 0.467. The molecule has 0 fully saturated rings. The second kappa shape index (κ2) is 5.94. The molecule has 0 aromatic heterocycles. The molecular formula is C15H20N2O3. The summed E-state index contributed by atoms with van der Waals surface area (Å²) in [5.74, 6) is -0.342. The zero-order chi connectivity index (χ0) is 14.7. The number of methoxy groups -OCH3 is 1. The van der Waals surface area contributed by atoms with Crippen molar-refractivity contribution in [2.24, 2.45) is 0 Å². The van der Waals surface area contributed by atoms with Crippen LogP contribution in [0.15, 0.2) is 18.2 Å². The zero-order valence-corrected chi connectivity index (χ0v) is 12.1. The minimum atomic E-state index is -0.719. The van der Waals surface area contributed by atoms with Crippen molar-refractivity contribution in [1.82, 2.24) is 5.32 Å². The van der Waals surface area contributed by atoms with Crippen LogP contribution in [0.1, 0.15) is 24.5 Å². The Balaban J connectivity index is 2.18. The van der Waals surface area contributed by atoms with E-state index in [9.17, 15) is 9.59 Å². The summed E-state index contributed by atoms with van der Waals surface area (Å²) in [7, 11) is 1.24. The average molecular weight is 276 g/mol. The molecule has 1 aromatic rings. The number of amides is 2. The lowest BCUT2D eigenvalue weighted by Crippen LogP contribution is -2.48. The molecule has 2 rings (SSSR count). The Labute approximate surface area is 118 Å². The zero-order valence-electron chi connectivity index (χ0n) is 12.1. The van der Waals surface area contributed by atoms with Gasteiger partial charge in [-0.15, -0.1) is 0 Å². The maximum absolute atomic E-state index is 12.0. The maximum Gasteiger partial charge on any atom is 0.413 e. The number of hydrogen-bond acceptors (Lipinski definition) is 4. The van der Waals surface area contributed by atoms with E-state index in [-0.39, 0.29) is 5.91 Å². The number of carbonyl (C=O) groups is 2. The van der Waals surface area contributed by atoms with Crippen molar-refractivity contribution >= 4 is 17.7 Å². The fourth-order valence-corrected chi connectivity index (χ4v) is 2.55. The van der Waals surface area contributed by atoms with Crippen LogP contribution in [0.5, 0.6) is 0 Å². The van der Waals surface area contributed by atoms with Crippen molar-refractivity contribution in [2.45, 2.75) is 32.7 Å². The number of alkyl carbamates (subject to hydrolysis) is 1. The van der Waals surface area contributed by atoms with Gasteiger partial charge in [0.15, 0.2) is 0 Å². The lowest BCUT2D eigenvalue weighted by Gasteiger charge is -2.35. The van der Waals surface area contributed by atoms with Crippen LogP contribution in [0.3, 0.4) is 0 Å². The number of ether oxygens (including phenoxy) is 1. The number of anilines is 1. The number of carbonyl (C=O) groups excluding carboxylic acids is 2. The van der Waals surface area contributed by atoms with Crippen molar-refractivity contribution < 1.29 is 14.3 Å². The quantitative estimate of drug-likeness (QED) is 0.897. The van der Waals surface area contributed by atoms with E-state index < -0.39 is 12.1 Å². The van der Waals surface area contributed by atoms with Crippen molar-refractivity contribution in [2.75, 3.05) is 18.6 Å². The summed E-state index contributed by atoms with van der Waals surface area (Å²) in [5, 5.41) is 2.23. The fourth-order valence-electron chi connectivity index (χ4n) is 2.55. The number of fused-ring (bicyclic) bond motifs is 1. The highest BCUT2D eigenvalue weighted by Gasteiger charge is 2.27. The van der Waals surface area contributed by atoms with Gasteiger partial charge < -0.3 is 9.64 Å². The van der Waals surface area contributed by atoms with E-state index >= 15 is 0 Å². The van der Waals surface area contributed by atoms with Gasteiger partial charge >= 0.3 is 6.09 Å². The third-order valence-electron chi connectivity index (χ3n) is 3.65. The van der Waals surface area contributed by atoms with Crippen LogP contribution >= 0.6 is 0 Å². The van der Waals surface area contributed by atoms with Crippen LogP contribution in [-0.2, 0) is 16.0 Å². The first-order valence-corrected chi connectivity index (χ1v) is 6.78. The van der Waals surface area contributed by atoms with E-state index in [1.54, 1.807) is 6.92 Å². The molecule has 1 N–H and O–H groups in total. The molecule has 2 amide bonds. The summed E-state index contributed by atoms with van der Waals surface area (Å²) in [4.78, 5) is 25.2. The monoisotopic (exact) mass is 276 g/mol. The summed E-state index contributed by atoms with van der Waals surface area (Å²) < 4.78 is 4.45. The van der Waals surface area contributed by atoms with E-state index in [4.69, 9.17) is 0 Å². The summed E-state index contributed by atoms with van der Waals surface area (Å²) in [6.07, 6.45) is 1.31. The first kappa shape index (κ1) is 14.4. The molecule has 0 spiro atoms. The molecule has 1 heterocycles. The molecule has 1 aliphatic heterocycles. The summed E-state index contributed by atoms with van der Waals surface area (Å²) in [6, 6.07) is 5.84. The summed E-state index contributed by atoms with van der Waals surface area (Å²) in [5.41, 5.74) is 3.56. The maximum atomic E-state index is 12.0. The van der Waals surface area contributed by atoms with E-state index in [2.05, 4.69) is 23.0 Å². The van der Waals surface area contributed by atoms with Crippen molar-refractivity contribution in [1.29, 1.82) is 0 Å². The van der Waals surface area contributed by atoms with Crippen LogP contribution in [0.2, 0.25) is 0 Å². The number of nitrogens with zero attached hydrogens (tertiary/aromatic N) is 1. The van der Waals surface area contributed by atoms with Crippen molar-refractivity contribution in [3.05, 3.63) is 29.3 Å². The standard InChI is InChI=1S/C15H20N2O3/c1-10-6-7-13-12(9-10)5-4-8-17(13)11(2)14(18)16-15(19)20-3/h6-7,9,11H,4-5,8H2,1-3H3,(H,16,18,19)/t11-/m0/s1. The molecule has 1 atom stereocenters. The highest BCUT2D eigenvalue weighted by molar-refractivity contribution is 5.96. The van der Waals surface area contributed by atoms with Crippen LogP contribution in [0, 0.1) is 6.92 Å². The highest BCUT2D eigenvalue weighted by atomic mass is 16.5. The van der Waals surface area contributed by atoms with E-state index in [1.165, 1.54) is 18.2 Å². The molecule has 0 saturated heterocycles. The third kappa shape index (κ3) is 2.92. The predicted molar refractivity (Wildman–Crippen MR) is 76.9 cm³/mol. The smallest absolute Gasteiger partial charge is 0.413 e. The van der Waals surface area contributed by atoms with Crippen LogP contribution in [-0.4, -0.2) is 31.7 Å². The Morgan fingerprint density at radius 2 is 2.15 bits per heavy atom. The van der Waals surface area contributed by atoms with E-state index in [1.807, 2.05) is 17.0 Å². The predicted octanol–water partition coefficient (Wildman–Crippen LogP) is 2.02. The second-order valence-corrected chi connectivity index (χ2v) is 5.09. The molecule has 0 bridgehead atoms. The Bertz CT molecular complexity index is 528. The molecule has 0 unspecified atom stereocenters. The first-order valence-electron chi connectivity index (χ1n) is 6.78. The molecule has 0 aliphatic carbocycles. The minimum Gasteiger partial charge on any atom is -0.453 e. The Kier molecular flexibility index (Phi) is 4.27. The molecule has 0 radical (unpaired) electrons. The van der Waals surface area contributed by atoms with Crippen LogP contribution in [0.25, 0.3) is 0 Å². The molecule has 5 nitrogen and oxygen atoms in total. The Hall–Kier alpha value is -2.04. The van der Waals surface area contributed by atoms with Gasteiger partial charge in [-0.25, -0.2) is 4.79 Å². The molecule has 1 aliphatic rings. The lowest BCUT2D eigenvalue weighted by atomic mass is 9.98. The van der Waals surface area contributed by atoms with Gasteiger partial charge in [0.2, 0.25) is 0 Å². The SMILES string of the molecule is COC(=O)NC(=O)[C@H](C)N1CCCc2cc(C)ccc21. The number of imide groups is 1. The molecule has 108 valence electrons. The largest absolute Gasteiger partial charge is 0.453 e. The Morgan fingerprint density at radius 3 is 2.85 bits per heavy atom. The van der Waals surface area contributed by atoms with Gasteiger partial charge in [-0.3, -0.25) is 10.1 Å².